The van der Waals surface area contributed by atoms with Gasteiger partial charge in [-0.2, -0.15) is 0 Å². The van der Waals surface area contributed by atoms with Gasteiger partial charge >= 0.3 is 26.2 Å². The Morgan fingerprint density at radius 2 is 0.872 bits per heavy atom. The average molecular weight is 709 g/mol. The van der Waals surface area contributed by atoms with E-state index in [1.807, 2.05) is 0 Å². The number of fused-ring (bicyclic) bond motifs is 8. The molecule has 8 aromatic rings. The zero-order valence-electron chi connectivity index (χ0n) is 26.7. The van der Waals surface area contributed by atoms with Gasteiger partial charge in [-0.05, 0) is 86.0 Å². The molecule has 0 saturated heterocycles. The van der Waals surface area contributed by atoms with Crippen LogP contribution in [0.25, 0.3) is 54.7 Å². The maximum atomic E-state index is 4.39. The smallest absolute Gasteiger partial charge is 0.352 e. The molecule has 0 N–H and O–H groups in total. The fourth-order valence-corrected chi connectivity index (χ4v) is 8.11. The van der Waals surface area contributed by atoms with E-state index in [2.05, 4.69) is 148 Å². The van der Waals surface area contributed by atoms with Gasteiger partial charge in [0.2, 0.25) is 0 Å². The summed E-state index contributed by atoms with van der Waals surface area (Å²) >= 11 is 4.39. The number of halogens is 1. The Morgan fingerprint density at radius 3 is 1.32 bits per heavy atom. The molecule has 0 bridgehead atoms. The largest absolute Gasteiger partial charge is 3.00 e. The van der Waals surface area contributed by atoms with Crippen molar-refractivity contribution in [1.82, 2.24) is 9.13 Å². The minimum Gasteiger partial charge on any atom is -0.352 e. The van der Waals surface area contributed by atoms with Gasteiger partial charge in [-0.1, -0.05) is 48.5 Å². The Bertz CT molecular complexity index is 2080. The van der Waals surface area contributed by atoms with E-state index in [0.717, 1.165) is 0 Å². The van der Waals surface area contributed by atoms with E-state index in [9.17, 15) is 0 Å². The van der Waals surface area contributed by atoms with E-state index in [0.29, 0.717) is 0 Å². The van der Waals surface area contributed by atoms with E-state index < -0.39 is 0 Å². The Labute approximate surface area is 301 Å². The monoisotopic (exact) mass is 707 g/mol. The molecule has 0 unspecified atom stereocenters. The van der Waals surface area contributed by atoms with Gasteiger partial charge in [0.25, 0.3) is 0 Å². The minimum absolute atomic E-state index is 0. The number of nitrogens with zero attached hydrogens (tertiary/aromatic N) is 2. The van der Waals surface area contributed by atoms with Crippen molar-refractivity contribution in [2.75, 3.05) is 0 Å². The van der Waals surface area contributed by atoms with Crippen molar-refractivity contribution in [3.63, 3.8) is 0 Å². The number of rotatable bonds is 2. The molecule has 6 aromatic carbocycles. The maximum Gasteiger partial charge on any atom is 3.00 e. The third-order valence-electron chi connectivity index (χ3n) is 10.1. The maximum absolute atomic E-state index is 4.39. The van der Waals surface area contributed by atoms with E-state index in [4.69, 9.17) is 0 Å². The Kier molecular flexibility index (Phi) is 9.40. The van der Waals surface area contributed by atoms with Crippen molar-refractivity contribution < 1.29 is 26.2 Å². The minimum atomic E-state index is 0. The summed E-state index contributed by atoms with van der Waals surface area (Å²) in [4.78, 5) is 0. The molecule has 2 aliphatic rings. The third-order valence-corrected chi connectivity index (χ3v) is 10.1. The average Bonchev–Trinajstić information content (AvgIpc) is 3.89. The van der Waals surface area contributed by atoms with Gasteiger partial charge in [-0.25, -0.2) is 0 Å². The number of benzene rings is 4. The molecular formula is C43H38ClN2Zr. The molecule has 0 aliphatic heterocycles. The summed E-state index contributed by atoms with van der Waals surface area (Å²) in [7, 11) is 0. The van der Waals surface area contributed by atoms with Crippen molar-refractivity contribution in [2.24, 2.45) is 0 Å². The first-order chi connectivity index (χ1) is 22.8. The van der Waals surface area contributed by atoms with Gasteiger partial charge in [-0.3, -0.25) is 6.38 Å². The van der Waals surface area contributed by atoms with Crippen LogP contribution < -0.4 is 0 Å². The van der Waals surface area contributed by atoms with Crippen molar-refractivity contribution in [3.8, 4) is 11.4 Å². The summed E-state index contributed by atoms with van der Waals surface area (Å²) in [6.07, 6.45) is 12.8. The molecule has 2 aliphatic carbocycles. The first-order valence-electron chi connectivity index (χ1n) is 16.6. The number of hydrogen-bond acceptors (Lipinski definition) is 0. The van der Waals surface area contributed by atoms with E-state index >= 15 is 0 Å². The summed E-state index contributed by atoms with van der Waals surface area (Å²) in [5, 5.41) is 8.23. The molecule has 1 radical (unpaired) electrons. The van der Waals surface area contributed by atoms with E-state index in [-0.39, 0.29) is 26.2 Å². The Balaban J connectivity index is 0.000000139. The molecule has 0 spiro atoms. The van der Waals surface area contributed by atoms with Gasteiger partial charge < -0.3 is 20.7 Å². The second-order valence-corrected chi connectivity index (χ2v) is 12.7. The standard InChI is InChI=1S/2C21H18N.CH2Cl.Zr/c2*1-2-8-16-14-17(13-15(16)7-1)22-20-11-5-3-9-18(20)19-10-4-6-12-21(19)22;1-2;/h2*1-3,5,7-9,11,13-14H,4,6,10,12H2;1H2;/q3*-1;+3. The summed E-state index contributed by atoms with van der Waals surface area (Å²) < 4.78 is 5.01. The topological polar surface area (TPSA) is 9.86 Å². The molecule has 0 amide bonds. The molecule has 0 saturated carbocycles. The second-order valence-electron chi connectivity index (χ2n) is 12.7. The zero-order valence-corrected chi connectivity index (χ0v) is 29.9. The quantitative estimate of drug-likeness (QED) is 0.158. The molecule has 47 heavy (non-hydrogen) atoms. The molecule has 0 fully saturated rings. The van der Waals surface area contributed by atoms with Gasteiger partial charge in [0.05, 0.1) is 11.0 Å². The summed E-state index contributed by atoms with van der Waals surface area (Å²) in [6, 6.07) is 44.4. The molecule has 0 atom stereocenters. The molecule has 2 aromatic heterocycles. The first-order valence-corrected chi connectivity index (χ1v) is 17.2. The van der Waals surface area contributed by atoms with Gasteiger partial charge in [0.15, 0.2) is 0 Å². The summed E-state index contributed by atoms with van der Waals surface area (Å²) in [5.74, 6) is 0. The molecule has 10 rings (SSSR count). The molecule has 231 valence electrons. The normalized spacial score (nSPS) is 13.7. The Morgan fingerprint density at radius 1 is 0.489 bits per heavy atom. The number of hydrogen-bond donors (Lipinski definition) is 0. The van der Waals surface area contributed by atoms with Gasteiger partial charge in [-0.15, -0.1) is 82.2 Å². The van der Waals surface area contributed by atoms with Crippen molar-refractivity contribution in [1.29, 1.82) is 0 Å². The number of aryl methyl sites for hydroxylation is 2. The number of aromatic nitrogens is 2. The molecule has 2 heterocycles. The van der Waals surface area contributed by atoms with Crippen molar-refractivity contribution in [2.45, 2.75) is 51.4 Å². The van der Waals surface area contributed by atoms with Crippen LogP contribution in [0.4, 0.5) is 0 Å². The van der Waals surface area contributed by atoms with Crippen LogP contribution in [-0.4, -0.2) is 9.13 Å². The molecule has 2 nitrogen and oxygen atoms in total. The third kappa shape index (κ3) is 5.66. The first kappa shape index (κ1) is 31.9. The zero-order chi connectivity index (χ0) is 31.0. The Hall–Kier alpha value is -3.65. The predicted octanol–water partition coefficient (Wildman–Crippen LogP) is 11.8. The molecule has 4 heteroatoms. The fourth-order valence-electron chi connectivity index (χ4n) is 8.11. The van der Waals surface area contributed by atoms with Crippen LogP contribution in [0.3, 0.4) is 0 Å². The fraction of sp³-hybridized carbons (Fsp3) is 0.186. The van der Waals surface area contributed by atoms with Crippen LogP contribution in [0.1, 0.15) is 48.2 Å². The van der Waals surface area contributed by atoms with Crippen molar-refractivity contribution in [3.05, 3.63) is 150 Å². The van der Waals surface area contributed by atoms with E-state index in [1.165, 1.54) is 117 Å². The SMILES string of the molecule is [CH2-]Cl.[Zr+3].c1ccc2[cH-]c(-n3c4c(c5ccccc53)CCCC4)cc2c1.c1ccc2[cH-]c(-n3c4c(c5ccccc53)CCCC4)cc2c1. The van der Waals surface area contributed by atoms with E-state index in [1.54, 1.807) is 11.1 Å². The second kappa shape index (κ2) is 13.8. The van der Waals surface area contributed by atoms with Gasteiger partial charge in [0.1, 0.15) is 0 Å². The summed E-state index contributed by atoms with van der Waals surface area (Å²) in [6.45, 7) is 0. The predicted molar refractivity (Wildman–Crippen MR) is 197 cm³/mol. The summed E-state index contributed by atoms with van der Waals surface area (Å²) in [5.41, 5.74) is 11.6. The van der Waals surface area contributed by atoms with Crippen molar-refractivity contribution >= 4 is 55.0 Å². The van der Waals surface area contributed by atoms with Gasteiger partial charge in [0, 0.05) is 22.2 Å². The van der Waals surface area contributed by atoms with Crippen LogP contribution in [0.2, 0.25) is 0 Å². The van der Waals surface area contributed by atoms with Crippen LogP contribution in [0, 0.1) is 6.38 Å². The van der Waals surface area contributed by atoms with Crippen LogP contribution >= 0.6 is 11.6 Å². The van der Waals surface area contributed by atoms with Crippen LogP contribution in [0.5, 0.6) is 0 Å². The van der Waals surface area contributed by atoms with Crippen LogP contribution in [-0.2, 0) is 51.9 Å². The number of para-hydroxylation sites is 2. The van der Waals surface area contributed by atoms with Crippen LogP contribution in [0.15, 0.2) is 121 Å². The molecular weight excluding hydrogens is 671 g/mol.